The summed E-state index contributed by atoms with van der Waals surface area (Å²) in [7, 11) is 0. The van der Waals surface area contributed by atoms with Gasteiger partial charge in [-0.3, -0.25) is 4.79 Å². The molecule has 1 saturated heterocycles. The Morgan fingerprint density at radius 2 is 2.29 bits per heavy atom. The van der Waals surface area contributed by atoms with Gasteiger partial charge in [0.05, 0.1) is 5.41 Å². The third kappa shape index (κ3) is 2.80. The second-order valence-electron chi connectivity index (χ2n) is 4.91. The van der Waals surface area contributed by atoms with Gasteiger partial charge in [0.1, 0.15) is 0 Å². The molecule has 4 heteroatoms. The normalized spacial score (nSPS) is 23.7. The molecule has 0 bridgehead atoms. The Hall–Kier alpha value is -0.620. The van der Waals surface area contributed by atoms with Crippen molar-refractivity contribution in [2.45, 2.75) is 20.3 Å². The summed E-state index contributed by atoms with van der Waals surface area (Å²) in [6.07, 6.45) is 0.905. The quantitative estimate of drug-likeness (QED) is 0.810. The lowest BCUT2D eigenvalue weighted by molar-refractivity contribution is -0.123. The summed E-state index contributed by atoms with van der Waals surface area (Å²) in [6, 6.07) is 6.01. The molecule has 3 nitrogen and oxygen atoms in total. The molecule has 1 aromatic carbocycles. The number of hydrogen-bond donors (Lipinski definition) is 2. The molecule has 1 aliphatic rings. The van der Waals surface area contributed by atoms with E-state index in [0.29, 0.717) is 0 Å². The van der Waals surface area contributed by atoms with Gasteiger partial charge in [-0.25, -0.2) is 0 Å². The van der Waals surface area contributed by atoms with E-state index in [0.717, 1.165) is 25.2 Å². The molecule has 1 fully saturated rings. The van der Waals surface area contributed by atoms with Crippen molar-refractivity contribution < 1.29 is 4.79 Å². The number of halogens is 1. The number of amides is 1. The zero-order chi connectivity index (χ0) is 12.5. The number of carbonyl (C=O) groups is 1. The first-order valence-corrected chi connectivity index (χ1v) is 6.87. The van der Waals surface area contributed by atoms with Crippen LogP contribution in [-0.4, -0.2) is 19.0 Å². The van der Waals surface area contributed by atoms with Gasteiger partial charge in [-0.2, -0.15) is 0 Å². The summed E-state index contributed by atoms with van der Waals surface area (Å²) in [5, 5.41) is 6.25. The first kappa shape index (κ1) is 12.8. The van der Waals surface area contributed by atoms with Crippen molar-refractivity contribution in [1.29, 1.82) is 0 Å². The Morgan fingerprint density at radius 3 is 2.88 bits per heavy atom. The highest BCUT2D eigenvalue weighted by Gasteiger charge is 2.36. The van der Waals surface area contributed by atoms with Crippen LogP contribution in [0.4, 0.5) is 5.69 Å². The number of carbonyl (C=O) groups excluding carboxylic acids is 1. The van der Waals surface area contributed by atoms with E-state index in [4.69, 9.17) is 0 Å². The van der Waals surface area contributed by atoms with Crippen LogP contribution in [0.5, 0.6) is 0 Å². The summed E-state index contributed by atoms with van der Waals surface area (Å²) in [6.45, 7) is 5.77. The molecule has 2 N–H and O–H groups in total. The number of nitrogens with one attached hydrogen (secondary N) is 2. The summed E-state index contributed by atoms with van der Waals surface area (Å²) in [4.78, 5) is 12.2. The highest BCUT2D eigenvalue weighted by molar-refractivity contribution is 14.1. The minimum absolute atomic E-state index is 0.113. The topological polar surface area (TPSA) is 41.1 Å². The molecule has 2 rings (SSSR count). The Balaban J connectivity index is 2.10. The zero-order valence-electron chi connectivity index (χ0n) is 10.1. The van der Waals surface area contributed by atoms with Crippen LogP contribution in [0.1, 0.15) is 18.9 Å². The maximum atomic E-state index is 12.2. The molecule has 1 heterocycles. The predicted molar refractivity (Wildman–Crippen MR) is 78.1 cm³/mol. The average Bonchev–Trinajstić information content (AvgIpc) is 2.72. The van der Waals surface area contributed by atoms with Crippen LogP contribution in [-0.2, 0) is 4.79 Å². The van der Waals surface area contributed by atoms with Crippen molar-refractivity contribution in [3.8, 4) is 0 Å². The third-order valence-electron chi connectivity index (χ3n) is 3.35. The maximum absolute atomic E-state index is 12.2. The van der Waals surface area contributed by atoms with Crippen molar-refractivity contribution in [1.82, 2.24) is 5.32 Å². The number of hydrogen-bond acceptors (Lipinski definition) is 2. The Morgan fingerprint density at radius 1 is 1.53 bits per heavy atom. The van der Waals surface area contributed by atoms with Crippen molar-refractivity contribution in [3.63, 3.8) is 0 Å². The molecule has 0 aromatic heterocycles. The van der Waals surface area contributed by atoms with E-state index in [1.165, 1.54) is 9.13 Å². The van der Waals surface area contributed by atoms with E-state index in [9.17, 15) is 4.79 Å². The lowest BCUT2D eigenvalue weighted by Gasteiger charge is -2.21. The molecular weight excluding hydrogens is 327 g/mol. The zero-order valence-corrected chi connectivity index (χ0v) is 12.3. The summed E-state index contributed by atoms with van der Waals surface area (Å²) < 4.78 is 1.18. The molecule has 0 saturated carbocycles. The number of rotatable bonds is 2. The molecule has 1 atom stereocenters. The fraction of sp³-hybridized carbons (Fsp3) is 0.462. The maximum Gasteiger partial charge on any atom is 0.231 e. The van der Waals surface area contributed by atoms with E-state index >= 15 is 0 Å². The molecule has 1 amide bonds. The highest BCUT2D eigenvalue weighted by atomic mass is 127. The van der Waals surface area contributed by atoms with Gasteiger partial charge in [0, 0.05) is 15.8 Å². The van der Waals surface area contributed by atoms with Crippen LogP contribution >= 0.6 is 22.6 Å². The van der Waals surface area contributed by atoms with E-state index in [1.54, 1.807) is 0 Å². The molecule has 0 spiro atoms. The van der Waals surface area contributed by atoms with Gasteiger partial charge in [-0.05, 0) is 67.1 Å². The molecular formula is C13H17IN2O. The summed E-state index contributed by atoms with van der Waals surface area (Å²) in [5.74, 6) is 0.113. The fourth-order valence-corrected chi connectivity index (χ4v) is 2.48. The van der Waals surface area contributed by atoms with E-state index in [-0.39, 0.29) is 11.3 Å². The van der Waals surface area contributed by atoms with E-state index in [1.807, 2.05) is 25.1 Å². The molecule has 1 aromatic rings. The van der Waals surface area contributed by atoms with Gasteiger partial charge in [-0.1, -0.05) is 6.07 Å². The Labute approximate surface area is 116 Å². The molecule has 0 radical (unpaired) electrons. The van der Waals surface area contributed by atoms with Crippen LogP contribution in [0.2, 0.25) is 0 Å². The highest BCUT2D eigenvalue weighted by Crippen LogP contribution is 2.27. The second-order valence-corrected chi connectivity index (χ2v) is 6.07. The van der Waals surface area contributed by atoms with Crippen molar-refractivity contribution in [2.75, 3.05) is 18.4 Å². The van der Waals surface area contributed by atoms with Crippen LogP contribution in [0.3, 0.4) is 0 Å². The largest absolute Gasteiger partial charge is 0.326 e. The lowest BCUT2D eigenvalue weighted by Crippen LogP contribution is -2.35. The predicted octanol–water partition coefficient (Wildman–Crippen LogP) is 2.54. The minimum Gasteiger partial charge on any atom is -0.326 e. The first-order valence-electron chi connectivity index (χ1n) is 5.80. The van der Waals surface area contributed by atoms with Gasteiger partial charge < -0.3 is 10.6 Å². The minimum atomic E-state index is -0.268. The molecule has 17 heavy (non-hydrogen) atoms. The standard InChI is InChI=1S/C13H17IN2O/c1-9-3-4-10(7-11(9)14)16-12(17)13(2)5-6-15-8-13/h3-4,7,15H,5-6,8H2,1-2H3,(H,16,17). The van der Waals surface area contributed by atoms with Crippen LogP contribution < -0.4 is 10.6 Å². The Kier molecular flexibility index (Phi) is 3.73. The molecule has 0 aliphatic carbocycles. The van der Waals surface area contributed by atoms with Crippen molar-refractivity contribution >= 4 is 34.2 Å². The second kappa shape index (κ2) is 4.94. The SMILES string of the molecule is Cc1ccc(NC(=O)C2(C)CCNC2)cc1I. The number of benzene rings is 1. The Bertz CT molecular complexity index is 439. The molecule has 92 valence electrons. The number of anilines is 1. The molecule has 1 unspecified atom stereocenters. The fourth-order valence-electron chi connectivity index (χ4n) is 1.96. The summed E-state index contributed by atoms with van der Waals surface area (Å²) in [5.41, 5.74) is 1.85. The van der Waals surface area contributed by atoms with Crippen LogP contribution in [0, 0.1) is 15.9 Å². The van der Waals surface area contributed by atoms with Gasteiger partial charge in [0.25, 0.3) is 0 Å². The van der Waals surface area contributed by atoms with Crippen molar-refractivity contribution in [2.24, 2.45) is 5.41 Å². The van der Waals surface area contributed by atoms with Crippen LogP contribution in [0.25, 0.3) is 0 Å². The monoisotopic (exact) mass is 344 g/mol. The van der Waals surface area contributed by atoms with Crippen LogP contribution in [0.15, 0.2) is 18.2 Å². The van der Waals surface area contributed by atoms with Gasteiger partial charge in [0.2, 0.25) is 5.91 Å². The van der Waals surface area contributed by atoms with Gasteiger partial charge in [0.15, 0.2) is 0 Å². The van der Waals surface area contributed by atoms with E-state index < -0.39 is 0 Å². The average molecular weight is 344 g/mol. The molecule has 1 aliphatic heterocycles. The first-order chi connectivity index (χ1) is 8.01. The third-order valence-corrected chi connectivity index (χ3v) is 4.51. The summed E-state index contributed by atoms with van der Waals surface area (Å²) >= 11 is 2.28. The van der Waals surface area contributed by atoms with Gasteiger partial charge >= 0.3 is 0 Å². The van der Waals surface area contributed by atoms with E-state index in [2.05, 4.69) is 40.1 Å². The smallest absolute Gasteiger partial charge is 0.231 e. The number of aryl methyl sites for hydroxylation is 1. The lowest BCUT2D eigenvalue weighted by atomic mass is 9.89. The van der Waals surface area contributed by atoms with Crippen molar-refractivity contribution in [3.05, 3.63) is 27.3 Å². The van der Waals surface area contributed by atoms with Gasteiger partial charge in [-0.15, -0.1) is 0 Å².